The lowest BCUT2D eigenvalue weighted by atomic mass is 9.84. The van der Waals surface area contributed by atoms with Crippen molar-refractivity contribution in [2.75, 3.05) is 7.11 Å². The number of benzene rings is 1. The van der Waals surface area contributed by atoms with E-state index in [-0.39, 0.29) is 11.5 Å². The molecule has 0 aromatic heterocycles. The predicted octanol–water partition coefficient (Wildman–Crippen LogP) is 3.84. The number of hydrogen-bond acceptors (Lipinski definition) is 2. The van der Waals surface area contributed by atoms with Gasteiger partial charge in [0.15, 0.2) is 17.3 Å². The number of rotatable bonds is 4. The summed E-state index contributed by atoms with van der Waals surface area (Å²) in [6, 6.07) is 4.39. The third-order valence-electron chi connectivity index (χ3n) is 4.81. The average Bonchev–Trinajstić information content (AvgIpc) is 3.01. The lowest BCUT2D eigenvalue weighted by Crippen LogP contribution is -2.15. The van der Waals surface area contributed by atoms with Gasteiger partial charge in [-0.1, -0.05) is 6.42 Å². The smallest absolute Gasteiger partial charge is 0.165 e. The second kappa shape index (κ2) is 4.95. The number of ketones is 1. The van der Waals surface area contributed by atoms with Gasteiger partial charge in [0.05, 0.1) is 7.11 Å². The first-order chi connectivity index (χ1) is 9.17. The highest BCUT2D eigenvalue weighted by Gasteiger charge is 2.40. The first kappa shape index (κ1) is 12.6. The van der Waals surface area contributed by atoms with Gasteiger partial charge in [-0.05, 0) is 55.2 Å². The molecule has 2 aliphatic carbocycles. The Hall–Kier alpha value is -1.38. The Bertz CT molecular complexity index is 498. The van der Waals surface area contributed by atoms with Crippen LogP contribution < -0.4 is 4.74 Å². The molecule has 0 heterocycles. The van der Waals surface area contributed by atoms with E-state index in [4.69, 9.17) is 4.74 Å². The van der Waals surface area contributed by atoms with Crippen molar-refractivity contribution in [3.05, 3.63) is 29.6 Å². The Morgan fingerprint density at radius 2 is 2.21 bits per heavy atom. The predicted molar refractivity (Wildman–Crippen MR) is 70.8 cm³/mol. The number of Topliss-reactive ketones (excluding diaryl/α,β-unsaturated/α-hetero) is 1. The van der Waals surface area contributed by atoms with E-state index < -0.39 is 5.82 Å². The maximum atomic E-state index is 13.3. The fourth-order valence-corrected chi connectivity index (χ4v) is 3.82. The van der Waals surface area contributed by atoms with Crippen LogP contribution >= 0.6 is 0 Å². The zero-order valence-electron chi connectivity index (χ0n) is 11.2. The SMILES string of the molecule is COc1cc(C(=O)CC2CC3CCC2C3)ccc1F. The third-order valence-corrected chi connectivity index (χ3v) is 4.81. The minimum atomic E-state index is -0.418. The van der Waals surface area contributed by atoms with Crippen LogP contribution in [0.3, 0.4) is 0 Å². The van der Waals surface area contributed by atoms with Crippen LogP contribution in [-0.4, -0.2) is 12.9 Å². The summed E-state index contributed by atoms with van der Waals surface area (Å²) in [6.07, 6.45) is 5.75. The molecule has 3 rings (SSSR count). The van der Waals surface area contributed by atoms with E-state index in [9.17, 15) is 9.18 Å². The highest BCUT2D eigenvalue weighted by molar-refractivity contribution is 5.96. The van der Waals surface area contributed by atoms with Crippen molar-refractivity contribution < 1.29 is 13.9 Å². The zero-order valence-corrected chi connectivity index (χ0v) is 11.2. The molecule has 2 bridgehead atoms. The Morgan fingerprint density at radius 3 is 2.84 bits per heavy atom. The Balaban J connectivity index is 1.70. The molecule has 1 aromatic rings. The van der Waals surface area contributed by atoms with Gasteiger partial charge in [-0.15, -0.1) is 0 Å². The van der Waals surface area contributed by atoms with Crippen molar-refractivity contribution in [3.8, 4) is 5.75 Å². The summed E-state index contributed by atoms with van der Waals surface area (Å²) in [4.78, 5) is 12.3. The second-order valence-corrected chi connectivity index (χ2v) is 5.91. The van der Waals surface area contributed by atoms with Crippen molar-refractivity contribution in [2.45, 2.75) is 32.1 Å². The molecule has 3 unspecified atom stereocenters. The summed E-state index contributed by atoms with van der Waals surface area (Å²) in [5.74, 6) is 2.00. The van der Waals surface area contributed by atoms with Gasteiger partial charge in [0.2, 0.25) is 0 Å². The Kier molecular flexibility index (Phi) is 3.29. The zero-order chi connectivity index (χ0) is 13.4. The third kappa shape index (κ3) is 2.38. The lowest BCUT2D eigenvalue weighted by Gasteiger charge is -2.20. The minimum Gasteiger partial charge on any atom is -0.494 e. The molecular weight excluding hydrogens is 243 g/mol. The van der Waals surface area contributed by atoms with Crippen molar-refractivity contribution in [1.29, 1.82) is 0 Å². The van der Waals surface area contributed by atoms with Crippen LogP contribution in [0.5, 0.6) is 5.75 Å². The van der Waals surface area contributed by atoms with Crippen LogP contribution in [0.2, 0.25) is 0 Å². The van der Waals surface area contributed by atoms with E-state index in [1.807, 2.05) is 0 Å². The molecule has 0 N–H and O–H groups in total. The summed E-state index contributed by atoms with van der Waals surface area (Å²) in [6.45, 7) is 0. The van der Waals surface area contributed by atoms with Crippen molar-refractivity contribution >= 4 is 5.78 Å². The molecule has 3 heteroatoms. The summed E-state index contributed by atoms with van der Waals surface area (Å²) in [5.41, 5.74) is 0.570. The van der Waals surface area contributed by atoms with E-state index in [1.165, 1.54) is 44.9 Å². The van der Waals surface area contributed by atoms with E-state index in [1.54, 1.807) is 6.07 Å². The fraction of sp³-hybridized carbons (Fsp3) is 0.562. The standard InChI is InChI=1S/C16H19FO2/c1-19-16-9-12(4-5-14(16)17)15(18)8-13-7-10-2-3-11(13)6-10/h4-5,9-11,13H,2-3,6-8H2,1H3. The molecule has 2 saturated carbocycles. The molecule has 3 atom stereocenters. The number of methoxy groups -OCH3 is 1. The topological polar surface area (TPSA) is 26.3 Å². The van der Waals surface area contributed by atoms with Gasteiger partial charge >= 0.3 is 0 Å². The molecule has 0 aliphatic heterocycles. The number of halogens is 1. The van der Waals surface area contributed by atoms with Gasteiger partial charge in [-0.25, -0.2) is 4.39 Å². The molecule has 1 aromatic carbocycles. The normalized spacial score (nSPS) is 28.6. The number of carbonyl (C=O) groups excluding carboxylic acids is 1. The van der Waals surface area contributed by atoms with Gasteiger partial charge in [0, 0.05) is 12.0 Å². The number of hydrogen-bond donors (Lipinski definition) is 0. The van der Waals surface area contributed by atoms with Crippen LogP contribution in [0.1, 0.15) is 42.5 Å². The first-order valence-electron chi connectivity index (χ1n) is 7.04. The molecule has 19 heavy (non-hydrogen) atoms. The minimum absolute atomic E-state index is 0.121. The van der Waals surface area contributed by atoms with Crippen molar-refractivity contribution in [3.63, 3.8) is 0 Å². The maximum absolute atomic E-state index is 13.3. The summed E-state index contributed by atoms with van der Waals surface area (Å²) in [7, 11) is 1.42. The van der Waals surface area contributed by atoms with E-state index in [2.05, 4.69) is 0 Å². The van der Waals surface area contributed by atoms with Gasteiger partial charge in [0.1, 0.15) is 0 Å². The highest BCUT2D eigenvalue weighted by Crippen LogP contribution is 2.49. The van der Waals surface area contributed by atoms with Gasteiger partial charge in [-0.2, -0.15) is 0 Å². The van der Waals surface area contributed by atoms with Crippen molar-refractivity contribution in [1.82, 2.24) is 0 Å². The molecular formula is C16H19FO2. The molecule has 0 saturated heterocycles. The molecule has 2 fully saturated rings. The fourth-order valence-electron chi connectivity index (χ4n) is 3.82. The average molecular weight is 262 g/mol. The van der Waals surface area contributed by atoms with Crippen LogP contribution in [-0.2, 0) is 0 Å². The van der Waals surface area contributed by atoms with Gasteiger partial charge in [0.25, 0.3) is 0 Å². The summed E-state index contributed by atoms with van der Waals surface area (Å²) < 4.78 is 18.3. The quantitative estimate of drug-likeness (QED) is 0.770. The second-order valence-electron chi connectivity index (χ2n) is 5.91. The van der Waals surface area contributed by atoms with Crippen LogP contribution in [0, 0.1) is 23.6 Å². The number of fused-ring (bicyclic) bond motifs is 2. The molecule has 0 radical (unpaired) electrons. The molecule has 2 aliphatic rings. The van der Waals surface area contributed by atoms with Crippen molar-refractivity contribution in [2.24, 2.45) is 17.8 Å². The number of ether oxygens (including phenoxy) is 1. The van der Waals surface area contributed by atoms with E-state index >= 15 is 0 Å². The Morgan fingerprint density at radius 1 is 1.37 bits per heavy atom. The Labute approximate surface area is 113 Å². The van der Waals surface area contributed by atoms with E-state index in [0.717, 1.165) is 11.8 Å². The van der Waals surface area contributed by atoms with E-state index in [0.29, 0.717) is 17.9 Å². The van der Waals surface area contributed by atoms with Crippen LogP contribution in [0.25, 0.3) is 0 Å². The molecule has 2 nitrogen and oxygen atoms in total. The summed E-state index contributed by atoms with van der Waals surface area (Å²) >= 11 is 0. The first-order valence-corrected chi connectivity index (χ1v) is 7.04. The molecule has 0 amide bonds. The highest BCUT2D eigenvalue weighted by atomic mass is 19.1. The monoisotopic (exact) mass is 262 g/mol. The van der Waals surface area contributed by atoms with Gasteiger partial charge < -0.3 is 4.74 Å². The van der Waals surface area contributed by atoms with Gasteiger partial charge in [-0.3, -0.25) is 4.79 Å². The lowest BCUT2D eigenvalue weighted by molar-refractivity contribution is 0.0944. The van der Waals surface area contributed by atoms with Crippen LogP contribution in [0.15, 0.2) is 18.2 Å². The summed E-state index contributed by atoms with van der Waals surface area (Å²) in [5, 5.41) is 0. The molecule has 0 spiro atoms. The maximum Gasteiger partial charge on any atom is 0.165 e. The largest absolute Gasteiger partial charge is 0.494 e. The molecule has 102 valence electrons. The van der Waals surface area contributed by atoms with Crippen LogP contribution in [0.4, 0.5) is 4.39 Å². The number of carbonyl (C=O) groups is 1.